The topological polar surface area (TPSA) is 80.4 Å². The Morgan fingerprint density at radius 1 is 1.35 bits per heavy atom. The second kappa shape index (κ2) is 6.42. The van der Waals surface area contributed by atoms with Gasteiger partial charge in [-0.1, -0.05) is 43.0 Å². The van der Waals surface area contributed by atoms with E-state index < -0.39 is 12.0 Å². The van der Waals surface area contributed by atoms with Crippen LogP contribution in [-0.2, 0) is 11.2 Å². The number of rotatable bonds is 5. The molecule has 0 aromatic heterocycles. The Balaban J connectivity index is 2.68. The van der Waals surface area contributed by atoms with Crippen LogP contribution < -0.4 is 5.73 Å². The highest BCUT2D eigenvalue weighted by Crippen LogP contribution is 2.13. The molecule has 92 valence electrons. The van der Waals surface area contributed by atoms with Crippen LogP contribution >= 0.6 is 11.8 Å². The molecule has 17 heavy (non-hydrogen) atoms. The number of carbonyl (C=O) groups is 2. The Morgan fingerprint density at radius 2 is 1.94 bits per heavy atom. The molecule has 0 aliphatic rings. The number of hydrogen-bond donors (Lipinski definition) is 2. The van der Waals surface area contributed by atoms with Crippen LogP contribution in [0.15, 0.2) is 24.3 Å². The minimum absolute atomic E-state index is 0.0292. The molecule has 0 saturated heterocycles. The number of carboxylic acid groups (broad SMARTS) is 1. The fourth-order valence-corrected chi connectivity index (χ4v) is 1.90. The molecule has 0 amide bonds. The van der Waals surface area contributed by atoms with Crippen molar-refractivity contribution in [3.8, 4) is 0 Å². The molecule has 0 spiro atoms. The fraction of sp³-hybridized carbons (Fsp3) is 0.333. The quantitative estimate of drug-likeness (QED) is 0.832. The number of hydrogen-bond acceptors (Lipinski definition) is 4. The molecule has 3 N–H and O–H groups in total. The van der Waals surface area contributed by atoms with Gasteiger partial charge in [0.2, 0.25) is 5.12 Å². The summed E-state index contributed by atoms with van der Waals surface area (Å²) in [5.74, 6) is -0.281. The molecule has 0 aliphatic heterocycles. The first-order valence-electron chi connectivity index (χ1n) is 5.29. The van der Waals surface area contributed by atoms with Crippen LogP contribution in [0.5, 0.6) is 0 Å². The van der Waals surface area contributed by atoms with E-state index in [1.807, 2.05) is 6.92 Å². The molecular weight excluding hydrogens is 238 g/mol. The highest BCUT2D eigenvalue weighted by molar-refractivity contribution is 8.14. The lowest BCUT2D eigenvalue weighted by atomic mass is 10.1. The number of nitrogens with two attached hydrogens (primary N) is 1. The molecule has 1 rings (SSSR count). The van der Waals surface area contributed by atoms with E-state index in [4.69, 9.17) is 10.8 Å². The summed E-state index contributed by atoms with van der Waals surface area (Å²) in [5.41, 5.74) is 6.87. The van der Waals surface area contributed by atoms with E-state index >= 15 is 0 Å². The first-order chi connectivity index (χ1) is 8.04. The second-order valence-electron chi connectivity index (χ2n) is 3.57. The molecule has 0 fully saturated rings. The maximum atomic E-state index is 11.5. The number of carbonyl (C=O) groups excluding carboxylic acids is 1. The van der Waals surface area contributed by atoms with Gasteiger partial charge in [0, 0.05) is 5.56 Å². The SMILES string of the molecule is CCSC(=O)c1ccc(C[C@H](N)C(=O)O)cc1. The summed E-state index contributed by atoms with van der Waals surface area (Å²) in [6, 6.07) is 5.99. The van der Waals surface area contributed by atoms with Crippen LogP contribution in [0, 0.1) is 0 Å². The third kappa shape index (κ3) is 4.20. The largest absolute Gasteiger partial charge is 0.480 e. The van der Waals surface area contributed by atoms with E-state index in [1.54, 1.807) is 24.3 Å². The zero-order valence-electron chi connectivity index (χ0n) is 9.55. The summed E-state index contributed by atoms with van der Waals surface area (Å²) in [7, 11) is 0. The summed E-state index contributed by atoms with van der Waals surface area (Å²) >= 11 is 1.25. The predicted octanol–water partition coefficient (Wildman–Crippen LogP) is 1.53. The van der Waals surface area contributed by atoms with Gasteiger partial charge in [-0.05, 0) is 17.7 Å². The number of benzene rings is 1. The Labute approximate surface area is 104 Å². The van der Waals surface area contributed by atoms with Gasteiger partial charge in [0.05, 0.1) is 0 Å². The van der Waals surface area contributed by atoms with Crippen molar-refractivity contribution in [2.75, 3.05) is 5.75 Å². The normalized spacial score (nSPS) is 12.1. The van der Waals surface area contributed by atoms with Crippen LogP contribution in [0.3, 0.4) is 0 Å². The Hall–Kier alpha value is -1.33. The summed E-state index contributed by atoms with van der Waals surface area (Å²) in [5, 5.41) is 8.70. The van der Waals surface area contributed by atoms with Crippen LogP contribution in [0.25, 0.3) is 0 Å². The van der Waals surface area contributed by atoms with E-state index in [2.05, 4.69) is 0 Å². The van der Waals surface area contributed by atoms with Gasteiger partial charge in [0.15, 0.2) is 0 Å². The lowest BCUT2D eigenvalue weighted by Crippen LogP contribution is -2.32. The molecule has 0 aliphatic carbocycles. The summed E-state index contributed by atoms with van der Waals surface area (Å²) < 4.78 is 0. The second-order valence-corrected chi connectivity index (χ2v) is 4.80. The van der Waals surface area contributed by atoms with Gasteiger partial charge < -0.3 is 10.8 Å². The van der Waals surface area contributed by atoms with Crippen LogP contribution in [0.4, 0.5) is 0 Å². The highest BCUT2D eigenvalue weighted by Gasteiger charge is 2.12. The molecule has 1 aromatic rings. The summed E-state index contributed by atoms with van der Waals surface area (Å²) in [4.78, 5) is 22.1. The molecule has 1 aromatic carbocycles. The highest BCUT2D eigenvalue weighted by atomic mass is 32.2. The molecule has 4 nitrogen and oxygen atoms in total. The average Bonchev–Trinajstić information content (AvgIpc) is 2.30. The molecular formula is C12H15NO3S. The standard InChI is InChI=1S/C12H15NO3S/c1-2-17-12(16)9-5-3-8(4-6-9)7-10(13)11(14)15/h3-6,10H,2,7,13H2,1H3,(H,14,15)/t10-/m0/s1. The monoisotopic (exact) mass is 253 g/mol. The van der Waals surface area contributed by atoms with Crippen molar-refractivity contribution in [3.63, 3.8) is 0 Å². The first-order valence-corrected chi connectivity index (χ1v) is 6.27. The summed E-state index contributed by atoms with van der Waals surface area (Å²) in [6.45, 7) is 1.92. The maximum Gasteiger partial charge on any atom is 0.320 e. The zero-order valence-corrected chi connectivity index (χ0v) is 10.4. The van der Waals surface area contributed by atoms with Gasteiger partial charge in [-0.15, -0.1) is 0 Å². The van der Waals surface area contributed by atoms with Crippen molar-refractivity contribution in [3.05, 3.63) is 35.4 Å². The van der Waals surface area contributed by atoms with Gasteiger partial charge in [-0.2, -0.15) is 0 Å². The molecule has 1 atom stereocenters. The minimum atomic E-state index is -1.02. The van der Waals surface area contributed by atoms with E-state index in [1.165, 1.54) is 11.8 Å². The fourth-order valence-electron chi connectivity index (χ4n) is 1.33. The van der Waals surface area contributed by atoms with Gasteiger partial charge in [0.25, 0.3) is 0 Å². The molecule has 0 radical (unpaired) electrons. The first kappa shape index (κ1) is 13.7. The van der Waals surface area contributed by atoms with Crippen molar-refractivity contribution in [1.29, 1.82) is 0 Å². The van der Waals surface area contributed by atoms with Crippen LogP contribution in [-0.4, -0.2) is 28.0 Å². The molecule has 0 saturated carbocycles. The van der Waals surface area contributed by atoms with Crippen LogP contribution in [0.2, 0.25) is 0 Å². The number of thioether (sulfide) groups is 1. The number of aliphatic carboxylic acids is 1. The average molecular weight is 253 g/mol. The van der Waals surface area contributed by atoms with Crippen molar-refractivity contribution in [2.24, 2.45) is 5.73 Å². The van der Waals surface area contributed by atoms with E-state index in [0.717, 1.165) is 11.3 Å². The van der Waals surface area contributed by atoms with Gasteiger partial charge in [0.1, 0.15) is 6.04 Å². The Kier molecular flexibility index (Phi) is 5.18. The molecule has 0 unspecified atom stereocenters. The third-order valence-electron chi connectivity index (χ3n) is 2.24. The Bertz CT molecular complexity index is 403. The zero-order chi connectivity index (χ0) is 12.8. The van der Waals surface area contributed by atoms with E-state index in [-0.39, 0.29) is 11.5 Å². The maximum absolute atomic E-state index is 11.5. The molecule has 0 heterocycles. The van der Waals surface area contributed by atoms with Gasteiger partial charge >= 0.3 is 5.97 Å². The molecule has 0 bridgehead atoms. The van der Waals surface area contributed by atoms with Crippen molar-refractivity contribution < 1.29 is 14.7 Å². The minimum Gasteiger partial charge on any atom is -0.480 e. The van der Waals surface area contributed by atoms with Crippen molar-refractivity contribution >= 4 is 22.8 Å². The summed E-state index contributed by atoms with van der Waals surface area (Å²) in [6.07, 6.45) is 0.269. The lowest BCUT2D eigenvalue weighted by molar-refractivity contribution is -0.138. The lowest BCUT2D eigenvalue weighted by Gasteiger charge is -2.06. The van der Waals surface area contributed by atoms with Crippen LogP contribution in [0.1, 0.15) is 22.8 Å². The van der Waals surface area contributed by atoms with E-state index in [9.17, 15) is 9.59 Å². The Morgan fingerprint density at radius 3 is 2.41 bits per heavy atom. The smallest absolute Gasteiger partial charge is 0.320 e. The molecule has 5 heteroatoms. The van der Waals surface area contributed by atoms with Gasteiger partial charge in [-0.25, -0.2) is 0 Å². The van der Waals surface area contributed by atoms with Crippen molar-refractivity contribution in [2.45, 2.75) is 19.4 Å². The predicted molar refractivity (Wildman–Crippen MR) is 68.2 cm³/mol. The number of carboxylic acids is 1. The van der Waals surface area contributed by atoms with E-state index in [0.29, 0.717) is 5.56 Å². The third-order valence-corrected chi connectivity index (χ3v) is 3.02. The van der Waals surface area contributed by atoms with Crippen molar-refractivity contribution in [1.82, 2.24) is 0 Å². The van der Waals surface area contributed by atoms with Gasteiger partial charge in [-0.3, -0.25) is 9.59 Å².